The molecule has 1 saturated carbocycles. The monoisotopic (exact) mass is 574 g/mol. The number of halogens is 1. The molecule has 0 radical (unpaired) electrons. The highest BCUT2D eigenvalue weighted by atomic mass is 35.5. The number of hydrazine groups is 1. The van der Waals surface area contributed by atoms with Crippen molar-refractivity contribution in [2.45, 2.75) is 25.7 Å². The fourth-order valence-corrected chi connectivity index (χ4v) is 5.34. The molecule has 3 aromatic carbocycles. The number of nitrogens with zero attached hydrogens (tertiary/aromatic N) is 2. The van der Waals surface area contributed by atoms with Gasteiger partial charge in [-0.1, -0.05) is 30.5 Å². The molecule has 3 amide bonds. The van der Waals surface area contributed by atoms with Crippen LogP contribution in [0.25, 0.3) is 0 Å². The number of amides is 3. The minimum Gasteiger partial charge on any atom is -0.497 e. The number of rotatable bonds is 8. The van der Waals surface area contributed by atoms with Crippen LogP contribution in [0.4, 0.5) is 0 Å². The van der Waals surface area contributed by atoms with Gasteiger partial charge >= 0.3 is 5.97 Å². The number of hydrogen-bond donors (Lipinski definition) is 0. The van der Waals surface area contributed by atoms with Gasteiger partial charge < -0.3 is 9.47 Å². The average molecular weight is 575 g/mol. The maximum absolute atomic E-state index is 13.6. The first kappa shape index (κ1) is 28.0. The van der Waals surface area contributed by atoms with Gasteiger partial charge in [-0.3, -0.25) is 19.2 Å². The lowest BCUT2D eigenvalue weighted by Gasteiger charge is -2.30. The molecule has 5 rings (SSSR count). The van der Waals surface area contributed by atoms with Gasteiger partial charge in [-0.25, -0.2) is 9.80 Å². The summed E-state index contributed by atoms with van der Waals surface area (Å²) < 4.78 is 10.5. The molecule has 2 atom stereocenters. The first-order valence-corrected chi connectivity index (χ1v) is 13.6. The lowest BCUT2D eigenvalue weighted by molar-refractivity contribution is -0.154. The molecular weight excluding hydrogens is 548 g/mol. The summed E-state index contributed by atoms with van der Waals surface area (Å²) in [5.74, 6) is -2.98. The molecule has 2 aliphatic rings. The van der Waals surface area contributed by atoms with Crippen LogP contribution in [0.5, 0.6) is 11.5 Å². The van der Waals surface area contributed by atoms with E-state index in [2.05, 4.69) is 0 Å². The Hall–Kier alpha value is -4.50. The standard InChI is InChI=1S/C31H27ClN2O7/c1-40-24-6-4-5-21(17-24)31(39)41-23-15-11-19(12-16-23)27(35)18-33(28(36)20-9-13-22(32)14-10-20)34-29(37)25-7-2-3-8-26(25)30(34)38/h4-6,9-17,25-26H,2-3,7-8,18H2,1H3/t25-,26+. The van der Waals surface area contributed by atoms with Crippen molar-refractivity contribution >= 4 is 41.1 Å². The number of esters is 1. The van der Waals surface area contributed by atoms with Gasteiger partial charge in [-0.15, -0.1) is 0 Å². The summed E-state index contributed by atoms with van der Waals surface area (Å²) >= 11 is 5.97. The molecule has 210 valence electrons. The maximum Gasteiger partial charge on any atom is 0.343 e. The molecule has 0 N–H and O–H groups in total. The second-order valence-corrected chi connectivity index (χ2v) is 10.4. The Labute approximate surface area is 241 Å². The van der Waals surface area contributed by atoms with Crippen molar-refractivity contribution in [1.29, 1.82) is 0 Å². The van der Waals surface area contributed by atoms with E-state index in [9.17, 15) is 24.0 Å². The van der Waals surface area contributed by atoms with Crippen LogP contribution in [-0.4, -0.2) is 53.1 Å². The van der Waals surface area contributed by atoms with Gasteiger partial charge in [-0.05, 0) is 79.6 Å². The summed E-state index contributed by atoms with van der Waals surface area (Å²) in [5, 5.41) is 2.21. The highest BCUT2D eigenvalue weighted by molar-refractivity contribution is 6.30. The normalized spacial score (nSPS) is 18.0. The molecule has 0 aromatic heterocycles. The summed E-state index contributed by atoms with van der Waals surface area (Å²) in [7, 11) is 1.49. The molecule has 0 bridgehead atoms. The lowest BCUT2D eigenvalue weighted by atomic mass is 9.81. The van der Waals surface area contributed by atoms with Crippen LogP contribution < -0.4 is 9.47 Å². The molecule has 10 heteroatoms. The molecule has 1 aliphatic heterocycles. The second kappa shape index (κ2) is 11.9. The van der Waals surface area contributed by atoms with E-state index in [0.29, 0.717) is 29.2 Å². The van der Waals surface area contributed by atoms with Gasteiger partial charge in [0.25, 0.3) is 17.7 Å². The van der Waals surface area contributed by atoms with E-state index in [0.717, 1.165) is 22.9 Å². The van der Waals surface area contributed by atoms with E-state index in [1.165, 1.54) is 55.6 Å². The van der Waals surface area contributed by atoms with Gasteiger partial charge in [0.05, 0.1) is 24.5 Å². The number of hydrogen-bond acceptors (Lipinski definition) is 7. The zero-order chi connectivity index (χ0) is 29.1. The number of fused-ring (bicyclic) bond motifs is 1. The van der Waals surface area contributed by atoms with Crippen molar-refractivity contribution in [3.8, 4) is 11.5 Å². The average Bonchev–Trinajstić information content (AvgIpc) is 3.25. The van der Waals surface area contributed by atoms with E-state index < -0.39 is 47.9 Å². The van der Waals surface area contributed by atoms with Crippen molar-refractivity contribution < 1.29 is 33.4 Å². The Balaban J connectivity index is 1.36. The third kappa shape index (κ3) is 5.85. The molecule has 0 unspecified atom stereocenters. The smallest absolute Gasteiger partial charge is 0.343 e. The number of carbonyl (C=O) groups excluding carboxylic acids is 5. The van der Waals surface area contributed by atoms with Crippen LogP contribution in [0.1, 0.15) is 56.8 Å². The molecule has 3 aromatic rings. The SMILES string of the molecule is COc1cccc(C(=O)Oc2ccc(C(=O)CN(C(=O)c3ccc(Cl)cc3)N3C(=O)[C@H]4CCCC[C@H]4C3=O)cc2)c1. The predicted octanol–water partition coefficient (Wildman–Crippen LogP) is 4.98. The van der Waals surface area contributed by atoms with Crippen LogP contribution in [0.15, 0.2) is 72.8 Å². The van der Waals surface area contributed by atoms with E-state index in [4.69, 9.17) is 21.1 Å². The number of ether oxygens (including phenoxy) is 2. The van der Waals surface area contributed by atoms with Crippen molar-refractivity contribution in [3.63, 3.8) is 0 Å². The summed E-state index contributed by atoms with van der Waals surface area (Å²) in [6, 6.07) is 18.3. The Morgan fingerprint density at radius 3 is 2.05 bits per heavy atom. The number of imide groups is 1. The number of methoxy groups -OCH3 is 1. The highest BCUT2D eigenvalue weighted by Crippen LogP contribution is 2.39. The Morgan fingerprint density at radius 1 is 0.829 bits per heavy atom. The fourth-order valence-electron chi connectivity index (χ4n) is 5.21. The number of Topliss-reactive ketones (excluding diaryl/α,β-unsaturated/α-hetero) is 1. The van der Waals surface area contributed by atoms with Crippen LogP contribution in [-0.2, 0) is 9.59 Å². The van der Waals surface area contributed by atoms with Crippen LogP contribution in [0.2, 0.25) is 5.02 Å². The quantitative estimate of drug-likeness (QED) is 0.161. The molecule has 41 heavy (non-hydrogen) atoms. The number of benzene rings is 3. The van der Waals surface area contributed by atoms with Crippen LogP contribution >= 0.6 is 11.6 Å². The molecule has 9 nitrogen and oxygen atoms in total. The minimum atomic E-state index is -0.667. The summed E-state index contributed by atoms with van der Waals surface area (Å²) in [5.41, 5.74) is 0.676. The molecular formula is C31H27ClN2O7. The molecule has 0 spiro atoms. The van der Waals surface area contributed by atoms with Gasteiger partial charge in [0.1, 0.15) is 18.0 Å². The third-order valence-electron chi connectivity index (χ3n) is 7.37. The molecule has 1 saturated heterocycles. The molecule has 1 heterocycles. The van der Waals surface area contributed by atoms with Gasteiger partial charge in [-0.2, -0.15) is 5.01 Å². The van der Waals surface area contributed by atoms with Crippen molar-refractivity contribution in [3.05, 3.63) is 94.5 Å². The Bertz CT molecular complexity index is 1480. The predicted molar refractivity (Wildman–Crippen MR) is 149 cm³/mol. The number of ketones is 1. The lowest BCUT2D eigenvalue weighted by Crippen LogP contribution is -2.52. The van der Waals surface area contributed by atoms with E-state index in [1.54, 1.807) is 24.3 Å². The van der Waals surface area contributed by atoms with Crippen molar-refractivity contribution in [1.82, 2.24) is 10.0 Å². The Morgan fingerprint density at radius 2 is 1.44 bits per heavy atom. The zero-order valence-corrected chi connectivity index (χ0v) is 23.0. The number of carbonyl (C=O) groups is 5. The van der Waals surface area contributed by atoms with Crippen molar-refractivity contribution in [2.75, 3.05) is 13.7 Å². The zero-order valence-electron chi connectivity index (χ0n) is 22.2. The van der Waals surface area contributed by atoms with Gasteiger partial charge in [0.15, 0.2) is 5.78 Å². The molecule has 1 aliphatic carbocycles. The summed E-state index contributed by atoms with van der Waals surface area (Å²) in [4.78, 5) is 66.1. The molecule has 2 fully saturated rings. The summed E-state index contributed by atoms with van der Waals surface area (Å²) in [6.07, 6.45) is 2.79. The van der Waals surface area contributed by atoms with E-state index in [-0.39, 0.29) is 16.9 Å². The minimum absolute atomic E-state index is 0.178. The first-order valence-electron chi connectivity index (χ1n) is 13.2. The van der Waals surface area contributed by atoms with Gasteiger partial charge in [0, 0.05) is 16.1 Å². The topological polar surface area (TPSA) is 110 Å². The Kier molecular flexibility index (Phi) is 8.16. The fraction of sp³-hybridized carbons (Fsp3) is 0.258. The first-order chi connectivity index (χ1) is 19.8. The summed E-state index contributed by atoms with van der Waals surface area (Å²) in [6.45, 7) is -0.540. The van der Waals surface area contributed by atoms with Crippen LogP contribution in [0, 0.1) is 11.8 Å². The van der Waals surface area contributed by atoms with Crippen LogP contribution in [0.3, 0.4) is 0 Å². The van der Waals surface area contributed by atoms with Gasteiger partial charge in [0.2, 0.25) is 0 Å². The maximum atomic E-state index is 13.6. The van der Waals surface area contributed by atoms with E-state index in [1.807, 2.05) is 0 Å². The van der Waals surface area contributed by atoms with E-state index >= 15 is 0 Å². The third-order valence-corrected chi connectivity index (χ3v) is 7.62. The van der Waals surface area contributed by atoms with Crippen molar-refractivity contribution in [2.24, 2.45) is 11.8 Å². The highest BCUT2D eigenvalue weighted by Gasteiger charge is 2.51. The second-order valence-electron chi connectivity index (χ2n) is 9.92. The largest absolute Gasteiger partial charge is 0.497 e.